The van der Waals surface area contributed by atoms with Gasteiger partial charge < -0.3 is 9.63 Å². The Morgan fingerprint density at radius 3 is 2.65 bits per heavy atom. The van der Waals surface area contributed by atoms with Crippen LogP contribution in [0.3, 0.4) is 0 Å². The highest BCUT2D eigenvalue weighted by Gasteiger charge is 2.32. The number of carbonyl (C=O) groups is 1. The average molecular weight is 269 g/mol. The van der Waals surface area contributed by atoms with Crippen molar-refractivity contribution in [3.63, 3.8) is 0 Å². The van der Waals surface area contributed by atoms with Crippen molar-refractivity contribution in [2.75, 3.05) is 0 Å². The Bertz CT molecular complexity index is 695. The minimum Gasteiger partial charge on any atom is -0.481 e. The van der Waals surface area contributed by atoms with Gasteiger partial charge in [0.1, 0.15) is 0 Å². The number of nitrogens with zero attached hydrogens (tertiary/aromatic N) is 1. The van der Waals surface area contributed by atoms with Gasteiger partial charge in [-0.25, -0.2) is 0 Å². The molecule has 1 atom stereocenters. The number of benzene rings is 1. The van der Waals surface area contributed by atoms with Gasteiger partial charge in [-0.1, -0.05) is 35.0 Å². The zero-order valence-electron chi connectivity index (χ0n) is 11.4. The van der Waals surface area contributed by atoms with E-state index in [0.717, 1.165) is 11.1 Å². The van der Waals surface area contributed by atoms with E-state index in [1.165, 1.54) is 5.56 Å². The van der Waals surface area contributed by atoms with Crippen LogP contribution in [0.2, 0.25) is 0 Å². The van der Waals surface area contributed by atoms with Crippen molar-refractivity contribution in [1.29, 1.82) is 0 Å². The smallest absolute Gasteiger partial charge is 0.311 e. The zero-order valence-corrected chi connectivity index (χ0v) is 11.4. The highest BCUT2D eigenvalue weighted by Crippen LogP contribution is 2.39. The number of rotatable bonds is 2. The lowest BCUT2D eigenvalue weighted by Crippen LogP contribution is -2.16. The van der Waals surface area contributed by atoms with Crippen LogP contribution >= 0.6 is 0 Å². The molecule has 0 bridgehead atoms. The van der Waals surface area contributed by atoms with Gasteiger partial charge in [0.15, 0.2) is 5.76 Å². The molecule has 0 aliphatic heterocycles. The number of allylic oxidation sites excluding steroid dienone is 1. The third-order valence-corrected chi connectivity index (χ3v) is 3.73. The van der Waals surface area contributed by atoms with Gasteiger partial charge in [-0.2, -0.15) is 0 Å². The lowest BCUT2D eigenvalue weighted by Gasteiger charge is -2.19. The van der Waals surface area contributed by atoms with E-state index in [1.54, 1.807) is 6.92 Å². The van der Waals surface area contributed by atoms with Crippen LogP contribution in [0.5, 0.6) is 0 Å². The minimum atomic E-state index is -0.838. The molecule has 0 radical (unpaired) electrons. The Hall–Kier alpha value is -2.36. The maximum Gasteiger partial charge on any atom is 0.311 e. The van der Waals surface area contributed by atoms with Crippen LogP contribution in [-0.2, 0) is 4.79 Å². The standard InChI is InChI=1S/C16H15NO3/c1-9-3-5-11(6-4-9)12-7-13(16(18)19)15-10(2)17-20-14(15)8-12/h3-6,8,13H,7H2,1-2H3,(H,18,19). The Balaban J connectivity index is 2.08. The van der Waals surface area contributed by atoms with Crippen LogP contribution < -0.4 is 0 Å². The van der Waals surface area contributed by atoms with Gasteiger partial charge in [0.05, 0.1) is 11.6 Å². The average Bonchev–Trinajstić information content (AvgIpc) is 2.80. The Kier molecular flexibility index (Phi) is 2.93. The molecule has 2 aromatic rings. The van der Waals surface area contributed by atoms with Crippen LogP contribution in [-0.4, -0.2) is 16.2 Å². The third-order valence-electron chi connectivity index (χ3n) is 3.73. The first-order valence-electron chi connectivity index (χ1n) is 6.53. The van der Waals surface area contributed by atoms with Gasteiger partial charge in [-0.3, -0.25) is 4.79 Å². The Morgan fingerprint density at radius 2 is 2.00 bits per heavy atom. The maximum atomic E-state index is 11.5. The molecule has 102 valence electrons. The number of carboxylic acid groups (broad SMARTS) is 1. The van der Waals surface area contributed by atoms with Crippen molar-refractivity contribution in [1.82, 2.24) is 5.16 Å². The van der Waals surface area contributed by atoms with Gasteiger partial charge >= 0.3 is 5.97 Å². The SMILES string of the molecule is Cc1ccc(C2=Cc3onc(C)c3C(C(=O)O)C2)cc1. The van der Waals surface area contributed by atoms with E-state index < -0.39 is 11.9 Å². The largest absolute Gasteiger partial charge is 0.481 e. The number of aromatic nitrogens is 1. The summed E-state index contributed by atoms with van der Waals surface area (Å²) in [6.45, 7) is 3.81. The van der Waals surface area contributed by atoms with E-state index in [4.69, 9.17) is 4.52 Å². The third kappa shape index (κ3) is 2.03. The molecule has 0 fully saturated rings. The molecule has 1 aromatic carbocycles. The second-order valence-electron chi connectivity index (χ2n) is 5.18. The molecule has 1 unspecified atom stereocenters. The van der Waals surface area contributed by atoms with Gasteiger partial charge in [-0.05, 0) is 37.5 Å². The van der Waals surface area contributed by atoms with Crippen molar-refractivity contribution in [2.24, 2.45) is 0 Å². The summed E-state index contributed by atoms with van der Waals surface area (Å²) in [4.78, 5) is 11.5. The number of hydrogen-bond donors (Lipinski definition) is 1. The molecular weight excluding hydrogens is 254 g/mol. The molecule has 0 saturated carbocycles. The Morgan fingerprint density at radius 1 is 1.30 bits per heavy atom. The summed E-state index contributed by atoms with van der Waals surface area (Å²) in [5.74, 6) is -0.857. The molecule has 4 nitrogen and oxygen atoms in total. The minimum absolute atomic E-state index is 0.466. The quantitative estimate of drug-likeness (QED) is 0.907. The second kappa shape index (κ2) is 4.63. The number of fused-ring (bicyclic) bond motifs is 1. The first kappa shape index (κ1) is 12.7. The first-order valence-corrected chi connectivity index (χ1v) is 6.53. The van der Waals surface area contributed by atoms with Crippen molar-refractivity contribution in [3.05, 3.63) is 52.4 Å². The lowest BCUT2D eigenvalue weighted by atomic mass is 9.83. The summed E-state index contributed by atoms with van der Waals surface area (Å²) in [6.07, 6.45) is 2.37. The van der Waals surface area contributed by atoms with E-state index in [-0.39, 0.29) is 0 Å². The highest BCUT2D eigenvalue weighted by molar-refractivity contribution is 5.90. The highest BCUT2D eigenvalue weighted by atomic mass is 16.5. The number of aryl methyl sites for hydroxylation is 2. The fraction of sp³-hybridized carbons (Fsp3) is 0.250. The topological polar surface area (TPSA) is 63.3 Å². The molecule has 1 N–H and O–H groups in total. The number of hydrogen-bond acceptors (Lipinski definition) is 3. The fourth-order valence-corrected chi connectivity index (χ4v) is 2.64. The summed E-state index contributed by atoms with van der Waals surface area (Å²) >= 11 is 0. The molecule has 1 aliphatic carbocycles. The zero-order chi connectivity index (χ0) is 14.3. The second-order valence-corrected chi connectivity index (χ2v) is 5.18. The fourth-order valence-electron chi connectivity index (χ4n) is 2.64. The summed E-state index contributed by atoms with van der Waals surface area (Å²) in [7, 11) is 0. The van der Waals surface area contributed by atoms with E-state index >= 15 is 0 Å². The van der Waals surface area contributed by atoms with Crippen LogP contribution in [0.15, 0.2) is 28.8 Å². The van der Waals surface area contributed by atoms with Crippen molar-refractivity contribution in [2.45, 2.75) is 26.2 Å². The molecular formula is C16H15NO3. The monoisotopic (exact) mass is 269 g/mol. The normalized spacial score (nSPS) is 17.5. The molecule has 1 aromatic heterocycles. The number of carboxylic acids is 1. The number of aliphatic carboxylic acids is 1. The molecule has 4 heteroatoms. The summed E-state index contributed by atoms with van der Waals surface area (Å²) in [5, 5.41) is 13.3. The van der Waals surface area contributed by atoms with Gasteiger partial charge in [0, 0.05) is 5.56 Å². The summed E-state index contributed by atoms with van der Waals surface area (Å²) in [5.41, 5.74) is 4.54. The van der Waals surface area contributed by atoms with Gasteiger partial charge in [0.25, 0.3) is 0 Å². The van der Waals surface area contributed by atoms with Crippen molar-refractivity contribution in [3.8, 4) is 0 Å². The van der Waals surface area contributed by atoms with Crippen LogP contribution in [0.4, 0.5) is 0 Å². The predicted octanol–water partition coefficient (Wildman–Crippen LogP) is 3.40. The van der Waals surface area contributed by atoms with Crippen LogP contribution in [0.1, 0.15) is 40.5 Å². The Labute approximate surface area is 116 Å². The molecule has 0 amide bonds. The van der Waals surface area contributed by atoms with Gasteiger partial charge in [0.2, 0.25) is 0 Å². The van der Waals surface area contributed by atoms with E-state index in [0.29, 0.717) is 23.4 Å². The molecule has 3 rings (SSSR count). The van der Waals surface area contributed by atoms with E-state index in [2.05, 4.69) is 5.16 Å². The molecule has 1 heterocycles. The maximum absolute atomic E-state index is 11.5. The molecule has 20 heavy (non-hydrogen) atoms. The van der Waals surface area contributed by atoms with E-state index in [1.807, 2.05) is 37.3 Å². The molecule has 1 aliphatic rings. The molecule has 0 saturated heterocycles. The van der Waals surface area contributed by atoms with Crippen molar-refractivity contribution < 1.29 is 14.4 Å². The van der Waals surface area contributed by atoms with Crippen LogP contribution in [0.25, 0.3) is 11.6 Å². The summed E-state index contributed by atoms with van der Waals surface area (Å²) in [6, 6.07) is 8.06. The first-order chi connectivity index (χ1) is 9.56. The predicted molar refractivity (Wildman–Crippen MR) is 75.3 cm³/mol. The van der Waals surface area contributed by atoms with Gasteiger partial charge in [-0.15, -0.1) is 0 Å². The van der Waals surface area contributed by atoms with Crippen molar-refractivity contribution >= 4 is 17.6 Å². The lowest BCUT2D eigenvalue weighted by molar-refractivity contribution is -0.138. The summed E-state index contributed by atoms with van der Waals surface area (Å²) < 4.78 is 5.25. The van der Waals surface area contributed by atoms with E-state index in [9.17, 15) is 9.90 Å². The van der Waals surface area contributed by atoms with Crippen LogP contribution in [0, 0.1) is 13.8 Å². The molecule has 0 spiro atoms.